The Hall–Kier alpha value is -1.47. The number of anilines is 2. The van der Waals surface area contributed by atoms with E-state index in [0.717, 1.165) is 38.6 Å². The molecule has 0 aliphatic heterocycles. The van der Waals surface area contributed by atoms with E-state index in [4.69, 9.17) is 15.0 Å². The normalized spacial score (nSPS) is 12.2. The van der Waals surface area contributed by atoms with Gasteiger partial charge in [0.15, 0.2) is 10.3 Å². The zero-order valence-corrected chi connectivity index (χ0v) is 29.2. The zero-order valence-electron chi connectivity index (χ0n) is 27.6. The number of hydrogen-bond acceptors (Lipinski definition) is 7. The van der Waals surface area contributed by atoms with Gasteiger partial charge in [0.05, 0.1) is 0 Å². The standard InChI is InChI=1S/C34H58N4OS2/c1-10-12-14-16-18-20-22-40-31-35-30(36-32(37-31)41-23-21-19-17-15-13-11-2)38(9)26-24-27(33(3,4)5)29(39)28(25-26)34(6,7)8/h24-25,39H,10-23H2,1-9H3. The molecule has 0 unspecified atom stereocenters. The topological polar surface area (TPSA) is 62.1 Å². The van der Waals surface area contributed by atoms with Gasteiger partial charge in [0.2, 0.25) is 5.95 Å². The fraction of sp³-hybridized carbons (Fsp3) is 0.735. The van der Waals surface area contributed by atoms with Crippen molar-refractivity contribution in [2.75, 3.05) is 23.5 Å². The maximum atomic E-state index is 11.2. The van der Waals surface area contributed by atoms with Crippen LogP contribution >= 0.6 is 23.5 Å². The second-order valence-corrected chi connectivity index (χ2v) is 15.5. The average molecular weight is 603 g/mol. The summed E-state index contributed by atoms with van der Waals surface area (Å²) >= 11 is 3.51. The van der Waals surface area contributed by atoms with Crippen LogP contribution in [0.4, 0.5) is 11.6 Å². The number of aromatic hydroxyl groups is 1. The number of rotatable bonds is 18. The second-order valence-electron chi connectivity index (χ2n) is 13.4. The molecule has 2 aromatic rings. The fourth-order valence-electron chi connectivity index (χ4n) is 4.77. The summed E-state index contributed by atoms with van der Waals surface area (Å²) in [6.45, 7) is 17.4. The molecule has 1 aromatic heterocycles. The Kier molecular flexibility index (Phi) is 15.3. The van der Waals surface area contributed by atoms with Crippen LogP contribution in [0.5, 0.6) is 5.75 Å². The van der Waals surface area contributed by atoms with Crippen LogP contribution in [0.25, 0.3) is 0 Å². The average Bonchev–Trinajstić information content (AvgIpc) is 2.90. The van der Waals surface area contributed by atoms with E-state index >= 15 is 0 Å². The molecule has 1 heterocycles. The minimum absolute atomic E-state index is 0.198. The summed E-state index contributed by atoms with van der Waals surface area (Å²) in [5, 5.41) is 12.9. The van der Waals surface area contributed by atoms with Gasteiger partial charge in [-0.1, -0.05) is 143 Å². The van der Waals surface area contributed by atoms with Crippen LogP contribution in [0.15, 0.2) is 22.4 Å². The van der Waals surface area contributed by atoms with Crippen molar-refractivity contribution in [1.82, 2.24) is 15.0 Å². The lowest BCUT2D eigenvalue weighted by atomic mass is 9.79. The van der Waals surface area contributed by atoms with Crippen LogP contribution in [-0.2, 0) is 10.8 Å². The molecule has 0 saturated heterocycles. The van der Waals surface area contributed by atoms with Gasteiger partial charge in [-0.15, -0.1) is 0 Å². The fourth-order valence-corrected chi connectivity index (χ4v) is 6.48. The monoisotopic (exact) mass is 602 g/mol. The predicted octanol–water partition coefficient (Wildman–Crippen LogP) is 10.8. The molecule has 1 aromatic carbocycles. The number of unbranched alkanes of at least 4 members (excludes halogenated alkanes) is 10. The minimum Gasteiger partial charge on any atom is -0.507 e. The molecule has 0 aliphatic rings. The Morgan fingerprint density at radius 2 is 1.02 bits per heavy atom. The Morgan fingerprint density at radius 3 is 1.41 bits per heavy atom. The van der Waals surface area contributed by atoms with Gasteiger partial charge in [-0.25, -0.2) is 0 Å². The molecular formula is C34H58N4OS2. The molecule has 41 heavy (non-hydrogen) atoms. The Balaban J connectivity index is 2.30. The quantitative estimate of drug-likeness (QED) is 0.134. The lowest BCUT2D eigenvalue weighted by Gasteiger charge is -2.30. The van der Waals surface area contributed by atoms with Crippen LogP contribution < -0.4 is 4.90 Å². The molecule has 7 heteroatoms. The molecule has 0 atom stereocenters. The molecule has 0 fully saturated rings. The van der Waals surface area contributed by atoms with E-state index in [9.17, 15) is 5.11 Å². The lowest BCUT2D eigenvalue weighted by molar-refractivity contribution is 0.423. The van der Waals surface area contributed by atoms with E-state index in [1.165, 1.54) is 77.0 Å². The summed E-state index contributed by atoms with van der Waals surface area (Å²) in [4.78, 5) is 16.8. The van der Waals surface area contributed by atoms with E-state index in [2.05, 4.69) is 72.4 Å². The first kappa shape index (κ1) is 35.7. The number of hydrogen-bond donors (Lipinski definition) is 1. The molecule has 0 spiro atoms. The van der Waals surface area contributed by atoms with E-state index in [0.29, 0.717) is 11.7 Å². The van der Waals surface area contributed by atoms with Crippen LogP contribution in [-0.4, -0.2) is 38.6 Å². The summed E-state index contributed by atoms with van der Waals surface area (Å²) in [5.41, 5.74) is 2.47. The molecule has 0 radical (unpaired) electrons. The van der Waals surface area contributed by atoms with Crippen molar-refractivity contribution in [2.24, 2.45) is 0 Å². The lowest BCUT2D eigenvalue weighted by Crippen LogP contribution is -2.21. The van der Waals surface area contributed by atoms with Crippen LogP contribution in [0.2, 0.25) is 0 Å². The van der Waals surface area contributed by atoms with Crippen molar-refractivity contribution >= 4 is 35.2 Å². The second kappa shape index (κ2) is 17.6. The number of nitrogens with zero attached hydrogens (tertiary/aromatic N) is 4. The van der Waals surface area contributed by atoms with Gasteiger partial charge in [-0.2, -0.15) is 15.0 Å². The van der Waals surface area contributed by atoms with E-state index < -0.39 is 0 Å². The highest BCUT2D eigenvalue weighted by Crippen LogP contribution is 2.42. The maximum absolute atomic E-state index is 11.2. The summed E-state index contributed by atoms with van der Waals surface area (Å²) in [5.74, 6) is 3.12. The Morgan fingerprint density at radius 1 is 0.634 bits per heavy atom. The Labute approximate surface area is 260 Å². The van der Waals surface area contributed by atoms with Gasteiger partial charge >= 0.3 is 0 Å². The smallest absolute Gasteiger partial charge is 0.234 e. The van der Waals surface area contributed by atoms with Gasteiger partial charge in [0.1, 0.15) is 5.75 Å². The number of thioether (sulfide) groups is 2. The maximum Gasteiger partial charge on any atom is 0.234 e. The molecule has 0 bridgehead atoms. The first-order chi connectivity index (χ1) is 19.4. The number of phenolic OH excluding ortho intramolecular Hbond substituents is 1. The first-order valence-electron chi connectivity index (χ1n) is 16.0. The highest BCUT2D eigenvalue weighted by molar-refractivity contribution is 7.99. The van der Waals surface area contributed by atoms with Crippen LogP contribution in [0.1, 0.15) is 144 Å². The van der Waals surface area contributed by atoms with Crippen molar-refractivity contribution in [2.45, 2.75) is 154 Å². The first-order valence-corrected chi connectivity index (χ1v) is 18.0. The molecule has 0 saturated carbocycles. The Bertz CT molecular complexity index is 975. The largest absolute Gasteiger partial charge is 0.507 e. The molecule has 232 valence electrons. The van der Waals surface area contributed by atoms with Gasteiger partial charge < -0.3 is 10.0 Å². The summed E-state index contributed by atoms with van der Waals surface area (Å²) in [6, 6.07) is 4.20. The van der Waals surface area contributed by atoms with Crippen molar-refractivity contribution in [1.29, 1.82) is 0 Å². The SMILES string of the molecule is CCCCCCCCSc1nc(SCCCCCCCC)nc(N(C)c2cc(C(C)(C)C)c(O)c(C(C)(C)C)c2)n1. The van der Waals surface area contributed by atoms with E-state index in [1.807, 2.05) is 7.05 Å². The van der Waals surface area contributed by atoms with Crippen molar-refractivity contribution in [3.8, 4) is 5.75 Å². The molecule has 1 N–H and O–H groups in total. The molecule has 2 rings (SSSR count). The minimum atomic E-state index is -0.198. The van der Waals surface area contributed by atoms with Crippen molar-refractivity contribution < 1.29 is 5.11 Å². The molecule has 5 nitrogen and oxygen atoms in total. The highest BCUT2D eigenvalue weighted by atomic mass is 32.2. The van der Waals surface area contributed by atoms with Gasteiger partial charge in [0, 0.05) is 35.4 Å². The molecule has 0 amide bonds. The van der Waals surface area contributed by atoms with Gasteiger partial charge in [-0.3, -0.25) is 0 Å². The number of benzene rings is 1. The number of aromatic nitrogens is 3. The zero-order chi connectivity index (χ0) is 30.5. The summed E-state index contributed by atoms with van der Waals surface area (Å²) < 4.78 is 0. The van der Waals surface area contributed by atoms with E-state index in [-0.39, 0.29) is 10.8 Å². The van der Waals surface area contributed by atoms with Gasteiger partial charge in [-0.05, 0) is 35.8 Å². The molecular weight excluding hydrogens is 545 g/mol. The van der Waals surface area contributed by atoms with Crippen LogP contribution in [0, 0.1) is 0 Å². The highest BCUT2D eigenvalue weighted by Gasteiger charge is 2.28. The third-order valence-corrected chi connectivity index (χ3v) is 9.31. The third-order valence-electron chi connectivity index (χ3n) is 7.44. The number of phenols is 1. The van der Waals surface area contributed by atoms with Gasteiger partial charge in [0.25, 0.3) is 0 Å². The summed E-state index contributed by atoms with van der Waals surface area (Å²) in [7, 11) is 2.03. The van der Waals surface area contributed by atoms with E-state index in [1.54, 1.807) is 23.5 Å². The third kappa shape index (κ3) is 12.3. The summed E-state index contributed by atoms with van der Waals surface area (Å²) in [6.07, 6.45) is 15.4. The molecule has 0 aliphatic carbocycles. The predicted molar refractivity (Wildman–Crippen MR) is 182 cm³/mol. The van der Waals surface area contributed by atoms with Crippen LogP contribution in [0.3, 0.4) is 0 Å². The van der Waals surface area contributed by atoms with Crippen molar-refractivity contribution in [3.05, 3.63) is 23.3 Å². The van der Waals surface area contributed by atoms with Crippen molar-refractivity contribution in [3.63, 3.8) is 0 Å².